The third-order valence-corrected chi connectivity index (χ3v) is 5.86. The summed E-state index contributed by atoms with van der Waals surface area (Å²) in [6, 6.07) is 7.51. The van der Waals surface area contributed by atoms with Gasteiger partial charge in [0, 0.05) is 11.1 Å². The van der Waals surface area contributed by atoms with E-state index in [0.29, 0.717) is 29.9 Å². The number of phenolic OH excluding ortho intramolecular Hbond substituents is 1. The summed E-state index contributed by atoms with van der Waals surface area (Å²) in [6.07, 6.45) is 11.8. The summed E-state index contributed by atoms with van der Waals surface area (Å²) in [5.41, 5.74) is 5.02. The number of phenols is 1. The van der Waals surface area contributed by atoms with E-state index in [0.717, 1.165) is 35.3 Å². The molecular formula is C28H30O4. The number of hydrogen-bond donors (Lipinski definition) is 1. The van der Waals surface area contributed by atoms with E-state index >= 15 is 0 Å². The first-order valence-electron chi connectivity index (χ1n) is 11.1. The van der Waals surface area contributed by atoms with Crippen LogP contribution < -0.4 is 9.47 Å². The topological polar surface area (TPSA) is 55.8 Å². The lowest BCUT2D eigenvalue weighted by atomic mass is 9.91. The quantitative estimate of drug-likeness (QED) is 0.343. The van der Waals surface area contributed by atoms with Crippen LogP contribution in [0.1, 0.15) is 66.7 Å². The number of hydrogen-bond acceptors (Lipinski definition) is 4. The first kappa shape index (κ1) is 21.9. The summed E-state index contributed by atoms with van der Waals surface area (Å²) in [7, 11) is 0. The van der Waals surface area contributed by atoms with Gasteiger partial charge in [0.05, 0.1) is 5.56 Å². The molecule has 0 radical (unpaired) electrons. The lowest BCUT2D eigenvalue weighted by Gasteiger charge is -2.33. The highest BCUT2D eigenvalue weighted by Crippen LogP contribution is 2.40. The predicted octanol–water partition coefficient (Wildman–Crippen LogP) is 6.31. The van der Waals surface area contributed by atoms with Gasteiger partial charge in [-0.15, -0.1) is 0 Å². The van der Waals surface area contributed by atoms with Crippen molar-refractivity contribution in [3.8, 4) is 17.2 Å². The van der Waals surface area contributed by atoms with Crippen LogP contribution in [0.2, 0.25) is 0 Å². The molecule has 2 aliphatic heterocycles. The molecule has 2 heterocycles. The largest absolute Gasteiger partial charge is 0.507 e. The van der Waals surface area contributed by atoms with Gasteiger partial charge in [-0.3, -0.25) is 4.79 Å². The second-order valence-electron chi connectivity index (χ2n) is 9.30. The van der Waals surface area contributed by atoms with E-state index in [-0.39, 0.29) is 17.1 Å². The summed E-state index contributed by atoms with van der Waals surface area (Å²) in [4.78, 5) is 12.9. The number of rotatable bonds is 5. The van der Waals surface area contributed by atoms with Crippen LogP contribution >= 0.6 is 0 Å². The number of benzene rings is 2. The molecule has 0 spiro atoms. The van der Waals surface area contributed by atoms with Gasteiger partial charge in [-0.25, -0.2) is 0 Å². The summed E-state index contributed by atoms with van der Waals surface area (Å²) in [5.74, 6) is 1.36. The average Bonchev–Trinajstić information content (AvgIpc) is 2.75. The van der Waals surface area contributed by atoms with Crippen molar-refractivity contribution in [1.29, 1.82) is 0 Å². The molecule has 4 rings (SSSR count). The fraction of sp³-hybridized carbons (Fsp3) is 0.321. The van der Waals surface area contributed by atoms with Crippen molar-refractivity contribution < 1.29 is 19.4 Å². The van der Waals surface area contributed by atoms with Gasteiger partial charge in [0.1, 0.15) is 29.5 Å². The van der Waals surface area contributed by atoms with E-state index in [9.17, 15) is 9.90 Å². The zero-order valence-electron chi connectivity index (χ0n) is 19.2. The Morgan fingerprint density at radius 2 is 2.03 bits per heavy atom. The van der Waals surface area contributed by atoms with Crippen LogP contribution in [0.4, 0.5) is 0 Å². The summed E-state index contributed by atoms with van der Waals surface area (Å²) < 4.78 is 11.8. The van der Waals surface area contributed by atoms with E-state index in [2.05, 4.69) is 32.1 Å². The minimum atomic E-state index is -0.265. The SMILES string of the molecule is CC(C)=CCc1cc(/C=C/C(=O)c2ccc3c(c2O)CCC(C)(C)O3)cc2c1OCC=C2. The second-order valence-corrected chi connectivity index (χ2v) is 9.30. The molecule has 4 heteroatoms. The monoisotopic (exact) mass is 430 g/mol. The average molecular weight is 431 g/mol. The molecule has 4 nitrogen and oxygen atoms in total. The molecule has 0 amide bonds. The Morgan fingerprint density at radius 1 is 1.22 bits per heavy atom. The Balaban J connectivity index is 1.61. The van der Waals surface area contributed by atoms with Crippen molar-refractivity contribution in [2.24, 2.45) is 0 Å². The maximum absolute atomic E-state index is 12.9. The molecule has 0 atom stereocenters. The number of aromatic hydroxyl groups is 1. The van der Waals surface area contributed by atoms with Gasteiger partial charge in [-0.2, -0.15) is 0 Å². The van der Waals surface area contributed by atoms with Crippen molar-refractivity contribution in [3.63, 3.8) is 0 Å². The minimum Gasteiger partial charge on any atom is -0.507 e. The highest BCUT2D eigenvalue weighted by atomic mass is 16.5. The normalized spacial score (nSPS) is 16.0. The Hall–Kier alpha value is -3.27. The smallest absolute Gasteiger partial charge is 0.189 e. The molecule has 0 saturated carbocycles. The lowest BCUT2D eigenvalue weighted by molar-refractivity contribution is 0.0836. The molecule has 2 aliphatic rings. The number of carbonyl (C=O) groups is 1. The van der Waals surface area contributed by atoms with Gasteiger partial charge in [0.2, 0.25) is 0 Å². The molecular weight excluding hydrogens is 400 g/mol. The minimum absolute atomic E-state index is 0.0265. The van der Waals surface area contributed by atoms with Crippen molar-refractivity contribution in [3.05, 3.63) is 75.9 Å². The van der Waals surface area contributed by atoms with Gasteiger partial charge in [0.15, 0.2) is 5.78 Å². The van der Waals surface area contributed by atoms with Crippen molar-refractivity contribution >= 4 is 17.9 Å². The maximum Gasteiger partial charge on any atom is 0.189 e. The van der Waals surface area contributed by atoms with Crippen LogP contribution in [-0.2, 0) is 12.8 Å². The number of ketones is 1. The van der Waals surface area contributed by atoms with Gasteiger partial charge >= 0.3 is 0 Å². The lowest BCUT2D eigenvalue weighted by Crippen LogP contribution is -2.32. The molecule has 2 aromatic rings. The number of carbonyl (C=O) groups excluding carboxylic acids is 1. The third kappa shape index (κ3) is 4.64. The van der Waals surface area contributed by atoms with Crippen molar-refractivity contribution in [2.75, 3.05) is 6.61 Å². The van der Waals surface area contributed by atoms with Gasteiger partial charge in [-0.1, -0.05) is 23.8 Å². The van der Waals surface area contributed by atoms with Crippen LogP contribution in [0.5, 0.6) is 17.2 Å². The summed E-state index contributed by atoms with van der Waals surface area (Å²) in [6.45, 7) is 8.78. The second kappa shape index (κ2) is 8.70. The first-order chi connectivity index (χ1) is 15.2. The number of fused-ring (bicyclic) bond motifs is 2. The highest BCUT2D eigenvalue weighted by molar-refractivity contribution is 6.09. The van der Waals surface area contributed by atoms with E-state index in [1.165, 1.54) is 11.6 Å². The van der Waals surface area contributed by atoms with E-state index in [1.54, 1.807) is 18.2 Å². The molecule has 0 fully saturated rings. The Labute approximate surface area is 189 Å². The Morgan fingerprint density at radius 3 is 2.81 bits per heavy atom. The van der Waals surface area contributed by atoms with E-state index < -0.39 is 0 Å². The van der Waals surface area contributed by atoms with Crippen LogP contribution in [0.25, 0.3) is 12.2 Å². The summed E-state index contributed by atoms with van der Waals surface area (Å²) >= 11 is 0. The first-order valence-corrected chi connectivity index (χ1v) is 11.1. The van der Waals surface area contributed by atoms with Gasteiger partial charge in [-0.05, 0) is 94.5 Å². The van der Waals surface area contributed by atoms with Crippen LogP contribution in [0, 0.1) is 0 Å². The molecule has 0 aliphatic carbocycles. The highest BCUT2D eigenvalue weighted by Gasteiger charge is 2.29. The Bertz CT molecular complexity index is 1140. The van der Waals surface area contributed by atoms with E-state index in [4.69, 9.17) is 9.47 Å². The molecule has 32 heavy (non-hydrogen) atoms. The summed E-state index contributed by atoms with van der Waals surface area (Å²) in [5, 5.41) is 10.7. The van der Waals surface area contributed by atoms with Crippen LogP contribution in [0.15, 0.2) is 48.1 Å². The van der Waals surface area contributed by atoms with Crippen LogP contribution in [0.3, 0.4) is 0 Å². The molecule has 166 valence electrons. The van der Waals surface area contributed by atoms with E-state index in [1.807, 2.05) is 26.0 Å². The Kier molecular flexibility index (Phi) is 5.96. The van der Waals surface area contributed by atoms with Crippen molar-refractivity contribution in [2.45, 2.75) is 52.6 Å². The third-order valence-electron chi connectivity index (χ3n) is 5.86. The zero-order chi connectivity index (χ0) is 22.9. The molecule has 0 saturated heterocycles. The molecule has 2 aromatic carbocycles. The number of ether oxygens (including phenoxy) is 2. The van der Waals surface area contributed by atoms with Crippen molar-refractivity contribution in [1.82, 2.24) is 0 Å². The molecule has 0 unspecified atom stereocenters. The fourth-order valence-electron chi connectivity index (χ4n) is 4.10. The van der Waals surface area contributed by atoms with Gasteiger partial charge in [0.25, 0.3) is 0 Å². The van der Waals surface area contributed by atoms with Crippen LogP contribution in [-0.4, -0.2) is 23.1 Å². The standard InChI is InChI=1S/C28H30O4/c1-18(2)7-9-21-17-19(16-20-6-5-15-31-27(20)21)8-11-24(29)22-10-12-25-23(26(22)30)13-14-28(3,4)32-25/h5-8,10-12,16-17,30H,9,13-15H2,1-4H3/b11-8+. The maximum atomic E-state index is 12.9. The molecule has 0 bridgehead atoms. The van der Waals surface area contributed by atoms with Gasteiger partial charge < -0.3 is 14.6 Å². The molecule has 0 aromatic heterocycles. The fourth-order valence-corrected chi connectivity index (χ4v) is 4.10. The predicted molar refractivity (Wildman–Crippen MR) is 129 cm³/mol. The zero-order valence-corrected chi connectivity index (χ0v) is 19.2. The number of allylic oxidation sites excluding steroid dienone is 3. The molecule has 1 N–H and O–H groups in total.